The van der Waals surface area contributed by atoms with E-state index >= 15 is 0 Å². The summed E-state index contributed by atoms with van der Waals surface area (Å²) in [5, 5.41) is 35.0. The average Bonchev–Trinajstić information content (AvgIpc) is 0.868. The summed E-state index contributed by atoms with van der Waals surface area (Å²) in [5.41, 5.74) is 5.88. The topological polar surface area (TPSA) is 300 Å². The molecule has 11 rings (SSSR count). The van der Waals surface area contributed by atoms with Crippen molar-refractivity contribution in [3.63, 3.8) is 0 Å². The zero-order valence-corrected chi connectivity index (χ0v) is 57.2. The van der Waals surface area contributed by atoms with Crippen LogP contribution in [0.2, 0.25) is 30.1 Å². The molecule has 0 saturated carbocycles. The van der Waals surface area contributed by atoms with Gasteiger partial charge in [-0.25, -0.2) is 15.0 Å². The first-order valence-corrected chi connectivity index (χ1v) is 33.4. The van der Waals surface area contributed by atoms with Crippen LogP contribution in [-0.2, 0) is 28.8 Å². The smallest absolute Gasteiger partial charge is 0.257 e. The van der Waals surface area contributed by atoms with Crippen LogP contribution in [0.15, 0.2) is 182 Å². The molecule has 0 atom stereocenters. The van der Waals surface area contributed by atoms with Crippen molar-refractivity contribution >= 4 is 151 Å². The van der Waals surface area contributed by atoms with Gasteiger partial charge in [-0.2, -0.15) is 17.7 Å². The number of halogens is 6. The van der Waals surface area contributed by atoms with Crippen LogP contribution < -0.4 is 21.8 Å². The number of aromatic nitrogens is 3. The Morgan fingerprint density at radius 3 is 1.02 bits per heavy atom. The molecule has 3 amide bonds. The van der Waals surface area contributed by atoms with Crippen molar-refractivity contribution in [3.05, 3.63) is 279 Å². The fraction of sp³-hybridized carbons (Fsp3) is 0.155. The number of rotatable bonds is 18. The van der Waals surface area contributed by atoms with Gasteiger partial charge in [-0.05, 0) is 102 Å². The van der Waals surface area contributed by atoms with Gasteiger partial charge in [0.25, 0.3) is 17.7 Å². The number of anilines is 3. The minimum Gasteiger partial charge on any atom is -0.391 e. The second-order valence-electron chi connectivity index (χ2n) is 21.7. The van der Waals surface area contributed by atoms with Crippen LogP contribution in [0.3, 0.4) is 0 Å². The van der Waals surface area contributed by atoms with Crippen LogP contribution in [0.25, 0.3) is 0 Å². The number of hydrogen-bond acceptors (Lipinski definition) is 16. The lowest BCUT2D eigenvalue weighted by Gasteiger charge is -2.29. The van der Waals surface area contributed by atoms with Gasteiger partial charge in [0.1, 0.15) is 29.1 Å². The van der Waals surface area contributed by atoms with Gasteiger partial charge >= 0.3 is 0 Å². The van der Waals surface area contributed by atoms with E-state index in [4.69, 9.17) is 96.5 Å². The maximum atomic E-state index is 13.0. The van der Waals surface area contributed by atoms with Crippen LogP contribution in [0.5, 0.6) is 0 Å². The van der Waals surface area contributed by atoms with E-state index in [0.717, 1.165) is 35.7 Å². The summed E-state index contributed by atoms with van der Waals surface area (Å²) >= 11 is 37.7. The molecular weight excluding hydrogens is 1390 g/mol. The van der Waals surface area contributed by atoms with Crippen molar-refractivity contribution in [3.8, 4) is 0 Å². The number of pyridine rings is 3. The molecule has 0 radical (unpaired) electrons. The lowest BCUT2D eigenvalue weighted by molar-refractivity contribution is 0.0680. The van der Waals surface area contributed by atoms with Crippen LogP contribution in [0.1, 0.15) is 95.5 Å². The van der Waals surface area contributed by atoms with E-state index in [0.29, 0.717) is 136 Å². The van der Waals surface area contributed by atoms with E-state index in [9.17, 15) is 28.8 Å². The molecule has 0 aliphatic carbocycles. The van der Waals surface area contributed by atoms with Crippen molar-refractivity contribution in [1.29, 1.82) is 16.2 Å². The lowest BCUT2D eigenvalue weighted by Crippen LogP contribution is -2.40. The van der Waals surface area contributed by atoms with Crippen LogP contribution >= 0.6 is 81.4 Å². The molecular formula is C71H60Cl6N12O8S. The molecule has 2 fully saturated rings. The second-order valence-corrected chi connectivity index (χ2v) is 25.6. The standard InChI is InChI=1S/C25H22Cl2N4O3.C25H22Cl2N4O2S.C21H16Cl2N4O3/c2*26-19-6-5-18(21(14-19)25(33)30-23-8-7-20(27)15-29-23)13-22(32)16-1-3-17(4-2-16)24(28)31-9-11-34-12-10-31;22-15-6-5-14(9-18(28)12-1-3-13(4-2-12)20(24)30-25)17(10-15)21(29)27-19-8-7-16(23)11-26-19/h2*1-8,14-15,28H,9-13H2,(H,29,30,33);1-8,10-11,24H,9,25H2,(H,26,27,29). The maximum Gasteiger partial charge on any atom is 0.257 e. The third kappa shape index (κ3) is 20.6. The molecule has 500 valence electrons. The van der Waals surface area contributed by atoms with E-state index in [1.807, 2.05) is 16.7 Å². The van der Waals surface area contributed by atoms with E-state index < -0.39 is 17.7 Å². The minimum atomic E-state index is -0.445. The number of thioether (sulfide) groups is 1. The largest absolute Gasteiger partial charge is 0.391 e. The third-order valence-corrected chi connectivity index (χ3v) is 17.4. The highest BCUT2D eigenvalue weighted by Crippen LogP contribution is 2.26. The summed E-state index contributed by atoms with van der Waals surface area (Å²) in [5.74, 6) is 6.93. The number of morpholine rings is 1. The quantitative estimate of drug-likeness (QED) is 0.0182. The highest BCUT2D eigenvalue weighted by molar-refractivity contribution is 7.99. The van der Waals surface area contributed by atoms with Crippen LogP contribution in [0, 0.1) is 16.2 Å². The monoisotopic (exact) mass is 1450 g/mol. The third-order valence-electron chi connectivity index (χ3n) is 15.1. The fourth-order valence-corrected chi connectivity index (χ4v) is 11.7. The Labute approximate surface area is 598 Å². The summed E-state index contributed by atoms with van der Waals surface area (Å²) in [6.07, 6.45) is 4.33. The molecule has 6 aromatic carbocycles. The van der Waals surface area contributed by atoms with E-state index in [1.54, 1.807) is 146 Å². The second kappa shape index (κ2) is 35.2. The summed E-state index contributed by atoms with van der Waals surface area (Å²) in [4.78, 5) is 97.7. The lowest BCUT2D eigenvalue weighted by atomic mass is 9.97. The molecule has 3 aromatic heterocycles. The molecule has 2 aliphatic rings. The Morgan fingerprint density at radius 1 is 0.418 bits per heavy atom. The SMILES string of the molecule is N=C(ON)c1ccc(C(=O)Cc2ccc(Cl)cc2C(=O)Nc2ccc(Cl)cn2)cc1.N=C(c1ccc(C(=O)Cc2ccc(Cl)cc2C(=O)Nc2ccc(Cl)cn2)cc1)N1CCOCC1.N=C(c1ccc(C(=O)Cc2ccc(Cl)cc2C(=O)Nc2ccc(Cl)cn2)cc1)N1CCSCC1. The predicted octanol–water partition coefficient (Wildman–Crippen LogP) is 14.4. The molecule has 8 N–H and O–H groups in total. The highest BCUT2D eigenvalue weighted by Gasteiger charge is 2.23. The molecule has 5 heterocycles. The number of ether oxygens (including phenoxy) is 1. The Morgan fingerprint density at radius 2 is 0.714 bits per heavy atom. The first-order chi connectivity index (χ1) is 47.2. The maximum absolute atomic E-state index is 13.0. The Bertz CT molecular complexity index is 4220. The zero-order chi connectivity index (χ0) is 69.8. The van der Waals surface area contributed by atoms with Crippen molar-refractivity contribution in [2.75, 3.05) is 66.8 Å². The Kier molecular flexibility index (Phi) is 26.2. The number of nitrogens with one attached hydrogen (secondary N) is 6. The van der Waals surface area contributed by atoms with E-state index in [1.165, 1.54) is 36.8 Å². The molecule has 98 heavy (non-hydrogen) atoms. The van der Waals surface area contributed by atoms with Gasteiger partial charge in [-0.3, -0.25) is 45.0 Å². The van der Waals surface area contributed by atoms with Crippen molar-refractivity contribution in [2.24, 2.45) is 5.90 Å². The molecule has 20 nitrogen and oxygen atoms in total. The zero-order valence-electron chi connectivity index (χ0n) is 51.9. The highest BCUT2D eigenvalue weighted by atomic mass is 35.5. The van der Waals surface area contributed by atoms with Crippen LogP contribution in [0.4, 0.5) is 17.5 Å². The number of ketones is 3. The van der Waals surface area contributed by atoms with Gasteiger partial charge in [0.15, 0.2) is 17.3 Å². The number of amidine groups is 2. The fourth-order valence-electron chi connectivity index (χ4n) is 9.91. The molecule has 0 spiro atoms. The van der Waals surface area contributed by atoms with Gasteiger partial charge in [-0.1, -0.05) is 148 Å². The first-order valence-electron chi connectivity index (χ1n) is 30.0. The molecule has 2 saturated heterocycles. The predicted molar refractivity (Wildman–Crippen MR) is 386 cm³/mol. The van der Waals surface area contributed by atoms with Gasteiger partial charge in [0, 0.05) is 141 Å². The van der Waals surface area contributed by atoms with Crippen molar-refractivity contribution in [2.45, 2.75) is 19.3 Å². The number of benzene rings is 6. The summed E-state index contributed by atoms with van der Waals surface area (Å²) in [6.45, 7) is 4.27. The Hall–Kier alpha value is -9.39. The molecule has 27 heteroatoms. The van der Waals surface area contributed by atoms with E-state index in [-0.39, 0.29) is 48.1 Å². The average molecular weight is 1450 g/mol. The van der Waals surface area contributed by atoms with Gasteiger partial charge in [-0.15, -0.1) is 0 Å². The minimum absolute atomic E-state index is 0.0157. The molecule has 0 unspecified atom stereocenters. The van der Waals surface area contributed by atoms with Crippen molar-refractivity contribution < 1.29 is 38.3 Å². The summed E-state index contributed by atoms with van der Waals surface area (Å²) < 4.78 is 5.34. The molecule has 2 aliphatic heterocycles. The number of carbonyl (C=O) groups excluding carboxylic acids is 6. The Balaban J connectivity index is 0.000000172. The van der Waals surface area contributed by atoms with Gasteiger partial charge in [0.2, 0.25) is 5.90 Å². The summed E-state index contributed by atoms with van der Waals surface area (Å²) in [7, 11) is 0. The number of nitrogens with two attached hydrogens (primary N) is 1. The number of hydrogen-bond donors (Lipinski definition) is 7. The molecule has 9 aromatic rings. The summed E-state index contributed by atoms with van der Waals surface area (Å²) in [6, 6.07) is 44.4. The van der Waals surface area contributed by atoms with Crippen LogP contribution in [-0.4, -0.2) is 128 Å². The van der Waals surface area contributed by atoms with Crippen molar-refractivity contribution in [1.82, 2.24) is 24.8 Å². The molecule has 0 bridgehead atoms. The van der Waals surface area contributed by atoms with E-state index in [2.05, 4.69) is 40.6 Å². The number of carbonyl (C=O) groups is 6. The number of amides is 3. The van der Waals surface area contributed by atoms with Gasteiger partial charge in [0.05, 0.1) is 28.3 Å². The number of Topliss-reactive ketones (excluding diaryl/α,β-unsaturated/α-hetero) is 3. The first kappa shape index (κ1) is 72.9. The van der Waals surface area contributed by atoms with Gasteiger partial charge < -0.3 is 35.3 Å². The normalized spacial score (nSPS) is 12.5. The number of nitrogens with zero attached hydrogens (tertiary/aromatic N) is 5.